The Labute approximate surface area is 143 Å². The van der Waals surface area contributed by atoms with E-state index >= 15 is 0 Å². The second-order valence-electron chi connectivity index (χ2n) is 7.39. The number of hydrogen-bond acceptors (Lipinski definition) is 0. The first-order valence-electron chi connectivity index (χ1n) is 9.40. The fourth-order valence-electron chi connectivity index (χ4n) is 4.38. The van der Waals surface area contributed by atoms with E-state index in [1.165, 1.54) is 50.3 Å². The molecule has 2 heterocycles. The van der Waals surface area contributed by atoms with Crippen LogP contribution in [0.25, 0.3) is 5.31 Å². The van der Waals surface area contributed by atoms with Crippen LogP contribution in [0.3, 0.4) is 0 Å². The van der Waals surface area contributed by atoms with Crippen molar-refractivity contribution >= 4 is 13.2 Å². The third-order valence-electron chi connectivity index (χ3n) is 5.86. The van der Waals surface area contributed by atoms with E-state index in [1.807, 2.05) is 10.9 Å². The molecule has 23 heavy (non-hydrogen) atoms. The van der Waals surface area contributed by atoms with E-state index in [2.05, 4.69) is 58.0 Å². The number of unbranched alkanes of at least 4 members (excludes halogenated alkanes) is 2. The van der Waals surface area contributed by atoms with Gasteiger partial charge in [-0.05, 0) is 62.9 Å². The van der Waals surface area contributed by atoms with Crippen LogP contribution in [0.5, 0.6) is 0 Å². The third-order valence-corrected chi connectivity index (χ3v) is 9.09. The molecule has 0 aromatic heterocycles. The van der Waals surface area contributed by atoms with Crippen LogP contribution in [0, 0.1) is 5.41 Å². The molecule has 0 fully saturated rings. The molecule has 0 radical (unpaired) electrons. The summed E-state index contributed by atoms with van der Waals surface area (Å²) in [5.41, 5.74) is 5.38. The Hall–Kier alpha value is -0.870. The highest BCUT2D eigenvalue weighted by molar-refractivity contribution is 7.73. The molecule has 2 aliphatic rings. The third kappa shape index (κ3) is 2.85. The van der Waals surface area contributed by atoms with E-state index < -0.39 is 0 Å². The second kappa shape index (κ2) is 6.94. The number of fused-ring (bicyclic) bond motifs is 2. The van der Waals surface area contributed by atoms with Crippen molar-refractivity contribution in [3.63, 3.8) is 0 Å². The first-order valence-corrected chi connectivity index (χ1v) is 10.9. The number of allylic oxidation sites excluding steroid dienone is 3. The Kier molecular flexibility index (Phi) is 5.12. The molecule has 0 nitrogen and oxygen atoms in total. The van der Waals surface area contributed by atoms with Crippen molar-refractivity contribution in [3.8, 4) is 0 Å². The molecule has 2 unspecified atom stereocenters. The van der Waals surface area contributed by atoms with Crippen LogP contribution in [0.1, 0.15) is 71.8 Å². The Morgan fingerprint density at radius 2 is 1.65 bits per heavy atom. The second-order valence-corrected chi connectivity index (χ2v) is 9.55. The monoisotopic (exact) mass is 326 g/mol. The lowest BCUT2D eigenvalue weighted by Crippen LogP contribution is -2.19. The summed E-state index contributed by atoms with van der Waals surface area (Å²) in [5.74, 6) is 0. The molecule has 0 N–H and O–H groups in total. The van der Waals surface area contributed by atoms with Gasteiger partial charge in [0.1, 0.15) is 0 Å². The van der Waals surface area contributed by atoms with Gasteiger partial charge in [-0.2, -0.15) is 0 Å². The highest BCUT2D eigenvalue weighted by atomic mass is 31.1. The van der Waals surface area contributed by atoms with E-state index in [0.717, 1.165) is 0 Å². The highest BCUT2D eigenvalue weighted by Crippen LogP contribution is 2.77. The Balaban J connectivity index is 2.00. The van der Waals surface area contributed by atoms with Gasteiger partial charge in [-0.1, -0.05) is 75.1 Å². The fourth-order valence-corrected chi connectivity index (χ4v) is 8.29. The molecule has 1 aromatic carbocycles. The average molecular weight is 326 g/mol. The van der Waals surface area contributed by atoms with Crippen LogP contribution in [-0.2, 0) is 0 Å². The topological polar surface area (TPSA) is 0 Å². The Bertz CT molecular complexity index is 623. The lowest BCUT2D eigenvalue weighted by atomic mass is 9.74. The van der Waals surface area contributed by atoms with Crippen LogP contribution in [-0.4, -0.2) is 6.16 Å². The molecular formula is C22H31P. The molecule has 1 aromatic rings. The van der Waals surface area contributed by atoms with Gasteiger partial charge in [0.2, 0.25) is 0 Å². The van der Waals surface area contributed by atoms with Gasteiger partial charge in [0.05, 0.1) is 0 Å². The van der Waals surface area contributed by atoms with Crippen molar-refractivity contribution in [2.45, 2.75) is 66.2 Å². The standard InChI is InChI=1S/C22H31P/c1-5-7-14-19-20(15-8-6-2)23-16-22(19,4)17(3)21(23)18-12-10-9-11-13-18/h9-13H,5-8,14-16H2,1-4H3. The fraction of sp³-hybridized carbons (Fsp3) is 0.545. The zero-order valence-corrected chi connectivity index (χ0v) is 16.2. The van der Waals surface area contributed by atoms with Crippen LogP contribution in [0.4, 0.5) is 0 Å². The van der Waals surface area contributed by atoms with E-state index in [4.69, 9.17) is 0 Å². The lowest BCUT2D eigenvalue weighted by Gasteiger charge is -2.31. The van der Waals surface area contributed by atoms with Crippen molar-refractivity contribution in [2.75, 3.05) is 6.16 Å². The van der Waals surface area contributed by atoms with Gasteiger partial charge < -0.3 is 0 Å². The molecule has 0 spiro atoms. The largest absolute Gasteiger partial charge is 0.0654 e. The van der Waals surface area contributed by atoms with Gasteiger partial charge in [0.25, 0.3) is 0 Å². The van der Waals surface area contributed by atoms with Gasteiger partial charge in [-0.25, -0.2) is 0 Å². The maximum absolute atomic E-state index is 2.54. The first kappa shape index (κ1) is 17.0. The van der Waals surface area contributed by atoms with Gasteiger partial charge in [0.15, 0.2) is 0 Å². The zero-order chi connectivity index (χ0) is 16.4. The normalized spacial score (nSPS) is 26.5. The minimum atomic E-state index is -0.0681. The molecule has 2 atom stereocenters. The molecule has 0 amide bonds. The summed E-state index contributed by atoms with van der Waals surface area (Å²) >= 11 is 0. The highest BCUT2D eigenvalue weighted by Gasteiger charge is 2.50. The molecule has 0 aliphatic carbocycles. The SMILES string of the molecule is CCCCC1=C(CCCC)C2(C)CP1C(c1ccccc1)=C2C. The van der Waals surface area contributed by atoms with Crippen LogP contribution in [0.2, 0.25) is 0 Å². The van der Waals surface area contributed by atoms with Crippen LogP contribution < -0.4 is 0 Å². The molecule has 3 rings (SSSR count). The number of benzene rings is 1. The zero-order valence-electron chi connectivity index (χ0n) is 15.3. The molecule has 0 saturated carbocycles. The van der Waals surface area contributed by atoms with E-state index in [-0.39, 0.29) is 7.92 Å². The summed E-state index contributed by atoms with van der Waals surface area (Å²) in [6.45, 7) is 9.61. The molecule has 0 saturated heterocycles. The summed E-state index contributed by atoms with van der Waals surface area (Å²) in [5, 5.41) is 3.59. The van der Waals surface area contributed by atoms with Crippen molar-refractivity contribution in [3.05, 3.63) is 52.4 Å². The molecule has 2 aliphatic heterocycles. The minimum Gasteiger partial charge on any atom is -0.0654 e. The van der Waals surface area contributed by atoms with Crippen LogP contribution in [0.15, 0.2) is 46.8 Å². The van der Waals surface area contributed by atoms with Crippen LogP contribution >= 0.6 is 7.92 Å². The summed E-state index contributed by atoms with van der Waals surface area (Å²) in [7, 11) is -0.0681. The summed E-state index contributed by atoms with van der Waals surface area (Å²) in [4.78, 5) is 0. The van der Waals surface area contributed by atoms with Gasteiger partial charge in [0, 0.05) is 5.41 Å². The van der Waals surface area contributed by atoms with E-state index in [9.17, 15) is 0 Å². The van der Waals surface area contributed by atoms with Crippen molar-refractivity contribution < 1.29 is 0 Å². The summed E-state index contributed by atoms with van der Waals surface area (Å²) < 4.78 is 0. The van der Waals surface area contributed by atoms with Crippen molar-refractivity contribution in [1.82, 2.24) is 0 Å². The van der Waals surface area contributed by atoms with Gasteiger partial charge in [-0.3, -0.25) is 0 Å². The minimum absolute atomic E-state index is 0.0681. The first-order chi connectivity index (χ1) is 11.1. The number of hydrogen-bond donors (Lipinski definition) is 0. The maximum Gasteiger partial charge on any atom is 0.0150 e. The number of rotatable bonds is 7. The van der Waals surface area contributed by atoms with Gasteiger partial charge >= 0.3 is 0 Å². The van der Waals surface area contributed by atoms with E-state index in [0.29, 0.717) is 5.41 Å². The lowest BCUT2D eigenvalue weighted by molar-refractivity contribution is 0.526. The van der Waals surface area contributed by atoms with Crippen molar-refractivity contribution in [1.29, 1.82) is 0 Å². The Morgan fingerprint density at radius 3 is 2.30 bits per heavy atom. The molecule has 1 heteroatoms. The molecule has 2 bridgehead atoms. The summed E-state index contributed by atoms with van der Waals surface area (Å²) in [6, 6.07) is 11.2. The molecular weight excluding hydrogens is 295 g/mol. The Morgan fingerprint density at radius 1 is 1.00 bits per heavy atom. The molecule has 124 valence electrons. The smallest absolute Gasteiger partial charge is 0.0150 e. The predicted molar refractivity (Wildman–Crippen MR) is 105 cm³/mol. The van der Waals surface area contributed by atoms with Gasteiger partial charge in [-0.15, -0.1) is 0 Å². The predicted octanol–water partition coefficient (Wildman–Crippen LogP) is 7.57. The quantitative estimate of drug-likeness (QED) is 0.453. The van der Waals surface area contributed by atoms with Crippen molar-refractivity contribution in [2.24, 2.45) is 5.41 Å². The summed E-state index contributed by atoms with van der Waals surface area (Å²) in [6.07, 6.45) is 9.43. The van der Waals surface area contributed by atoms with E-state index in [1.54, 1.807) is 10.9 Å². The average Bonchev–Trinajstić information content (AvgIpc) is 2.99. The maximum atomic E-state index is 2.54.